The lowest BCUT2D eigenvalue weighted by Crippen LogP contribution is -2.09. The smallest absolute Gasteiger partial charge is 0.0462 e. The lowest BCUT2D eigenvalue weighted by Gasteiger charge is -2.26. The summed E-state index contributed by atoms with van der Waals surface area (Å²) >= 11 is 1.88. The van der Waals surface area contributed by atoms with Crippen molar-refractivity contribution >= 4 is 48.6 Å². The van der Waals surface area contributed by atoms with Crippen LogP contribution in [-0.4, -0.2) is 0 Å². The summed E-state index contributed by atoms with van der Waals surface area (Å²) in [6.07, 6.45) is 0. The Morgan fingerprint density at radius 2 is 0.789 bits per heavy atom. The summed E-state index contributed by atoms with van der Waals surface area (Å²) in [4.78, 5) is 2.35. The summed E-state index contributed by atoms with van der Waals surface area (Å²) in [6, 6.07) is 80.0. The van der Waals surface area contributed by atoms with Crippen molar-refractivity contribution in [3.8, 4) is 44.5 Å². The van der Waals surface area contributed by atoms with E-state index in [0.717, 1.165) is 17.1 Å². The van der Waals surface area contributed by atoms with Crippen molar-refractivity contribution in [3.05, 3.63) is 235 Å². The van der Waals surface area contributed by atoms with Gasteiger partial charge in [-0.25, -0.2) is 0 Å². The first-order valence-electron chi connectivity index (χ1n) is 19.6. The molecule has 1 aliphatic rings. The van der Waals surface area contributed by atoms with E-state index in [-0.39, 0.29) is 5.92 Å². The molecule has 0 amide bonds. The maximum atomic E-state index is 2.44. The molecule has 0 aliphatic heterocycles. The zero-order valence-electron chi connectivity index (χ0n) is 31.2. The van der Waals surface area contributed by atoms with E-state index in [1.54, 1.807) is 0 Å². The Morgan fingerprint density at radius 3 is 1.42 bits per heavy atom. The Morgan fingerprint density at radius 1 is 0.316 bits per heavy atom. The van der Waals surface area contributed by atoms with Crippen LogP contribution in [0.25, 0.3) is 64.7 Å². The van der Waals surface area contributed by atoms with Crippen molar-refractivity contribution in [3.63, 3.8) is 0 Å². The molecule has 11 rings (SSSR count). The maximum absolute atomic E-state index is 2.44. The molecule has 1 aliphatic carbocycles. The Kier molecular flexibility index (Phi) is 8.15. The average molecular weight is 744 g/mol. The number of hydrogen-bond acceptors (Lipinski definition) is 2. The van der Waals surface area contributed by atoms with Crippen LogP contribution in [0.15, 0.2) is 218 Å². The molecule has 0 saturated heterocycles. The molecule has 2 heteroatoms. The van der Waals surface area contributed by atoms with E-state index < -0.39 is 0 Å². The summed E-state index contributed by atoms with van der Waals surface area (Å²) in [7, 11) is 0. The predicted molar refractivity (Wildman–Crippen MR) is 243 cm³/mol. The predicted octanol–water partition coefficient (Wildman–Crippen LogP) is 15.7. The minimum atomic E-state index is 0.200. The lowest BCUT2D eigenvalue weighted by atomic mass is 9.88. The molecule has 1 aromatic heterocycles. The summed E-state index contributed by atoms with van der Waals surface area (Å²) in [6.45, 7) is 0. The summed E-state index contributed by atoms with van der Waals surface area (Å²) < 4.78 is 2.69. The van der Waals surface area contributed by atoms with Gasteiger partial charge in [0.25, 0.3) is 0 Å². The third kappa shape index (κ3) is 5.94. The fourth-order valence-corrected chi connectivity index (χ4v) is 9.87. The molecule has 0 radical (unpaired) electrons. The van der Waals surface area contributed by atoms with Crippen LogP contribution in [0.5, 0.6) is 0 Å². The molecule has 0 N–H and O–H groups in total. The molecule has 1 atom stereocenters. The largest absolute Gasteiger partial charge is 0.311 e. The first-order chi connectivity index (χ1) is 28.2. The highest BCUT2D eigenvalue weighted by Crippen LogP contribution is 2.50. The SMILES string of the molecule is c1ccc(-c2ccc(N(c3ccc(-c4ccccc4)cc3)c3ccc(-c4ccc5c(c4)-c4ccccc4C5c4ccc5sc6ccccc6c5c4)cc3)cc2)cc1. The van der Waals surface area contributed by atoms with E-state index in [1.807, 2.05) is 11.3 Å². The van der Waals surface area contributed by atoms with Crippen molar-refractivity contribution in [2.45, 2.75) is 5.92 Å². The molecule has 10 aromatic rings. The number of hydrogen-bond donors (Lipinski definition) is 0. The number of fused-ring (bicyclic) bond motifs is 6. The standard InChI is InChI=1S/C55H37NS/c1-3-11-37(12-4-1)39-19-27-44(28-20-39)56(45-29-21-40(22-30-45)38-13-5-2-6-14-38)46-31-23-41(24-32-46)42-25-33-50-51(35-42)47-15-7-8-17-49(47)55(50)43-26-34-54-52(36-43)48-16-9-10-18-53(48)57-54/h1-36,55H. The quantitative estimate of drug-likeness (QED) is 0.157. The number of thiophene rings is 1. The molecule has 57 heavy (non-hydrogen) atoms. The first-order valence-corrected chi connectivity index (χ1v) is 20.4. The van der Waals surface area contributed by atoms with E-state index in [0.29, 0.717) is 0 Å². The van der Waals surface area contributed by atoms with Gasteiger partial charge in [0.1, 0.15) is 0 Å². The number of anilines is 3. The Bertz CT molecular complexity index is 2950. The van der Waals surface area contributed by atoms with E-state index in [4.69, 9.17) is 0 Å². The highest BCUT2D eigenvalue weighted by atomic mass is 32.1. The van der Waals surface area contributed by atoms with Crippen molar-refractivity contribution in [2.75, 3.05) is 4.90 Å². The Hall–Kier alpha value is -7.00. The van der Waals surface area contributed by atoms with Crippen LogP contribution in [0.3, 0.4) is 0 Å². The normalized spacial score (nSPS) is 13.1. The third-order valence-electron chi connectivity index (χ3n) is 11.6. The van der Waals surface area contributed by atoms with Gasteiger partial charge in [-0.05, 0) is 122 Å². The van der Waals surface area contributed by atoms with Gasteiger partial charge < -0.3 is 4.90 Å². The molecule has 0 bridgehead atoms. The van der Waals surface area contributed by atoms with Gasteiger partial charge in [0.05, 0.1) is 0 Å². The molecule has 0 fully saturated rings. The van der Waals surface area contributed by atoms with Crippen LogP contribution < -0.4 is 4.90 Å². The second kappa shape index (κ2) is 13.9. The zero-order valence-corrected chi connectivity index (χ0v) is 32.0. The minimum absolute atomic E-state index is 0.200. The van der Waals surface area contributed by atoms with Crippen molar-refractivity contribution < 1.29 is 0 Å². The molecule has 0 spiro atoms. The molecular formula is C55H37NS. The van der Waals surface area contributed by atoms with E-state index in [9.17, 15) is 0 Å². The Labute approximate surface area is 337 Å². The number of nitrogens with zero attached hydrogens (tertiary/aromatic N) is 1. The number of benzene rings is 9. The van der Waals surface area contributed by atoms with Crippen LogP contribution in [0, 0.1) is 0 Å². The van der Waals surface area contributed by atoms with Crippen molar-refractivity contribution in [1.82, 2.24) is 0 Å². The van der Waals surface area contributed by atoms with E-state index in [1.165, 1.54) is 81.4 Å². The second-order valence-corrected chi connectivity index (χ2v) is 16.0. The second-order valence-electron chi connectivity index (χ2n) is 14.9. The highest BCUT2D eigenvalue weighted by molar-refractivity contribution is 7.25. The molecule has 268 valence electrons. The third-order valence-corrected chi connectivity index (χ3v) is 12.7. The topological polar surface area (TPSA) is 3.24 Å². The molecule has 1 heterocycles. The first kappa shape index (κ1) is 33.3. The van der Waals surface area contributed by atoms with Crippen molar-refractivity contribution in [1.29, 1.82) is 0 Å². The maximum Gasteiger partial charge on any atom is 0.0462 e. The average Bonchev–Trinajstić information content (AvgIpc) is 3.83. The van der Waals surface area contributed by atoms with Gasteiger partial charge in [-0.3, -0.25) is 0 Å². The van der Waals surface area contributed by atoms with Crippen LogP contribution >= 0.6 is 11.3 Å². The molecule has 1 unspecified atom stereocenters. The monoisotopic (exact) mass is 743 g/mol. The van der Waals surface area contributed by atoms with Gasteiger partial charge in [0.2, 0.25) is 0 Å². The van der Waals surface area contributed by atoms with Gasteiger partial charge in [0.15, 0.2) is 0 Å². The lowest BCUT2D eigenvalue weighted by molar-refractivity contribution is 1.02. The van der Waals surface area contributed by atoms with Gasteiger partial charge in [-0.1, -0.05) is 158 Å². The van der Waals surface area contributed by atoms with Crippen LogP contribution in [-0.2, 0) is 0 Å². The minimum Gasteiger partial charge on any atom is -0.311 e. The van der Waals surface area contributed by atoms with Gasteiger partial charge >= 0.3 is 0 Å². The molecule has 1 nitrogen and oxygen atoms in total. The fraction of sp³-hybridized carbons (Fsp3) is 0.0182. The molecule has 0 saturated carbocycles. The molecule has 9 aromatic carbocycles. The number of rotatable bonds is 7. The van der Waals surface area contributed by atoms with E-state index >= 15 is 0 Å². The zero-order chi connectivity index (χ0) is 37.7. The van der Waals surface area contributed by atoms with Gasteiger partial charge in [-0.2, -0.15) is 0 Å². The highest BCUT2D eigenvalue weighted by Gasteiger charge is 2.30. The van der Waals surface area contributed by atoms with Gasteiger partial charge in [0, 0.05) is 43.2 Å². The summed E-state index contributed by atoms with van der Waals surface area (Å²) in [5.41, 5.74) is 17.4. The van der Waals surface area contributed by atoms with Crippen LogP contribution in [0.2, 0.25) is 0 Å². The van der Waals surface area contributed by atoms with Crippen molar-refractivity contribution in [2.24, 2.45) is 0 Å². The fourth-order valence-electron chi connectivity index (χ4n) is 8.78. The molecular weight excluding hydrogens is 707 g/mol. The van der Waals surface area contributed by atoms with E-state index in [2.05, 4.69) is 223 Å². The summed E-state index contributed by atoms with van der Waals surface area (Å²) in [5.74, 6) is 0.200. The Balaban J connectivity index is 0.952. The van der Waals surface area contributed by atoms with Crippen LogP contribution in [0.1, 0.15) is 22.6 Å². The van der Waals surface area contributed by atoms with Gasteiger partial charge in [-0.15, -0.1) is 11.3 Å². The summed E-state index contributed by atoms with van der Waals surface area (Å²) in [5, 5.41) is 2.70. The van der Waals surface area contributed by atoms with Crippen LogP contribution in [0.4, 0.5) is 17.1 Å².